The van der Waals surface area contributed by atoms with Crippen molar-refractivity contribution in [3.63, 3.8) is 0 Å². The zero-order valence-corrected chi connectivity index (χ0v) is 17.7. The van der Waals surface area contributed by atoms with E-state index in [1.54, 1.807) is 36.4 Å². The van der Waals surface area contributed by atoms with Crippen molar-refractivity contribution < 1.29 is 13.9 Å². The fraction of sp³-hybridized carbons (Fsp3) is 0.435. The van der Waals surface area contributed by atoms with Gasteiger partial charge >= 0.3 is 0 Å². The monoisotopic (exact) mass is 418 g/mol. The van der Waals surface area contributed by atoms with Crippen LogP contribution in [0.25, 0.3) is 0 Å². The van der Waals surface area contributed by atoms with E-state index in [1.165, 1.54) is 6.07 Å². The number of rotatable bonds is 7. The lowest BCUT2D eigenvalue weighted by Crippen LogP contribution is -2.41. The summed E-state index contributed by atoms with van der Waals surface area (Å²) in [6, 6.07) is 14.2. The molecule has 1 aliphatic rings. The molecule has 1 atom stereocenters. The smallest absolute Gasteiger partial charge is 0.258 e. The molecule has 6 heteroatoms. The summed E-state index contributed by atoms with van der Waals surface area (Å²) < 4.78 is 19.2. The molecular formula is C23H28ClFN2O2. The first kappa shape index (κ1) is 21.6. The van der Waals surface area contributed by atoms with Gasteiger partial charge in [-0.15, -0.1) is 0 Å². The zero-order valence-electron chi connectivity index (χ0n) is 16.9. The summed E-state index contributed by atoms with van der Waals surface area (Å²) in [5.74, 6) is 0.746. The minimum atomic E-state index is -0.198. The van der Waals surface area contributed by atoms with E-state index in [0.717, 1.165) is 31.2 Å². The van der Waals surface area contributed by atoms with E-state index >= 15 is 0 Å². The van der Waals surface area contributed by atoms with Gasteiger partial charge in [0, 0.05) is 17.1 Å². The van der Waals surface area contributed by atoms with Gasteiger partial charge in [0.15, 0.2) is 6.61 Å². The molecule has 0 aliphatic heterocycles. The van der Waals surface area contributed by atoms with Crippen molar-refractivity contribution in [3.8, 4) is 5.75 Å². The second kappa shape index (κ2) is 10.1. The Morgan fingerprint density at radius 1 is 1.17 bits per heavy atom. The molecule has 1 fully saturated rings. The summed E-state index contributed by atoms with van der Waals surface area (Å²) in [4.78, 5) is 14.4. The van der Waals surface area contributed by atoms with Crippen molar-refractivity contribution in [1.29, 1.82) is 0 Å². The highest BCUT2D eigenvalue weighted by Crippen LogP contribution is 2.37. The number of benzene rings is 2. The average molecular weight is 419 g/mol. The van der Waals surface area contributed by atoms with Crippen LogP contribution < -0.4 is 10.1 Å². The molecule has 1 unspecified atom stereocenters. The first-order valence-corrected chi connectivity index (χ1v) is 10.4. The third-order valence-electron chi connectivity index (χ3n) is 5.51. The predicted octanol–water partition coefficient (Wildman–Crippen LogP) is 4.84. The van der Waals surface area contributed by atoms with Crippen LogP contribution in [0.15, 0.2) is 48.5 Å². The second-order valence-corrected chi connectivity index (χ2v) is 8.32. The molecule has 1 aliphatic carbocycles. The molecule has 0 radical (unpaired) electrons. The number of hydrogen-bond acceptors (Lipinski definition) is 3. The van der Waals surface area contributed by atoms with Gasteiger partial charge in [-0.2, -0.15) is 0 Å². The van der Waals surface area contributed by atoms with Crippen LogP contribution in [0.4, 0.5) is 4.39 Å². The van der Waals surface area contributed by atoms with Crippen molar-refractivity contribution in [2.75, 3.05) is 20.7 Å². The first-order valence-electron chi connectivity index (χ1n) is 10.0. The predicted molar refractivity (Wildman–Crippen MR) is 114 cm³/mol. The number of ether oxygens (including phenoxy) is 1. The van der Waals surface area contributed by atoms with Gasteiger partial charge in [0.05, 0.1) is 0 Å². The number of carbonyl (C=O) groups is 1. The summed E-state index contributed by atoms with van der Waals surface area (Å²) in [5.41, 5.74) is 1.01. The number of halogens is 2. The third-order valence-corrected chi connectivity index (χ3v) is 5.77. The van der Waals surface area contributed by atoms with Gasteiger partial charge < -0.3 is 15.0 Å². The molecule has 29 heavy (non-hydrogen) atoms. The van der Waals surface area contributed by atoms with Crippen LogP contribution in [0.5, 0.6) is 5.75 Å². The summed E-state index contributed by atoms with van der Waals surface area (Å²) in [6.45, 7) is -0.00875. The fourth-order valence-corrected chi connectivity index (χ4v) is 4.34. The summed E-state index contributed by atoms with van der Waals surface area (Å²) in [7, 11) is 4.08. The van der Waals surface area contributed by atoms with Crippen molar-refractivity contribution in [3.05, 3.63) is 64.9 Å². The topological polar surface area (TPSA) is 41.6 Å². The molecule has 1 saturated carbocycles. The van der Waals surface area contributed by atoms with Crippen LogP contribution in [0.2, 0.25) is 5.02 Å². The highest BCUT2D eigenvalue weighted by Gasteiger charge is 2.30. The van der Waals surface area contributed by atoms with E-state index < -0.39 is 0 Å². The number of carbonyl (C=O) groups excluding carboxylic acids is 1. The van der Waals surface area contributed by atoms with Gasteiger partial charge in [-0.3, -0.25) is 4.79 Å². The Bertz CT molecular complexity index is 805. The van der Waals surface area contributed by atoms with Crippen molar-refractivity contribution >= 4 is 17.5 Å². The molecule has 2 aromatic rings. The van der Waals surface area contributed by atoms with Crippen LogP contribution in [0.1, 0.15) is 37.3 Å². The van der Waals surface area contributed by atoms with E-state index in [9.17, 15) is 9.18 Å². The second-order valence-electron chi connectivity index (χ2n) is 7.89. The first-order chi connectivity index (χ1) is 13.9. The van der Waals surface area contributed by atoms with Gasteiger partial charge in [0.2, 0.25) is 0 Å². The molecular weight excluding hydrogens is 391 g/mol. The summed E-state index contributed by atoms with van der Waals surface area (Å²) in [5, 5.41) is 3.71. The fourth-order valence-electron chi connectivity index (χ4n) is 4.21. The number of nitrogens with one attached hydrogen (secondary N) is 1. The highest BCUT2D eigenvalue weighted by molar-refractivity contribution is 6.30. The van der Waals surface area contributed by atoms with Crippen LogP contribution in [-0.2, 0) is 4.79 Å². The molecule has 0 saturated heterocycles. The van der Waals surface area contributed by atoms with Gasteiger partial charge in [-0.1, -0.05) is 23.7 Å². The summed E-state index contributed by atoms with van der Waals surface area (Å²) >= 11 is 5.85. The van der Waals surface area contributed by atoms with Crippen molar-refractivity contribution in [2.24, 2.45) is 5.92 Å². The summed E-state index contributed by atoms with van der Waals surface area (Å²) in [6.07, 6.45) is 3.80. The number of hydrogen-bond donors (Lipinski definition) is 1. The molecule has 1 amide bonds. The Hall–Kier alpha value is -2.11. The molecule has 0 aromatic heterocycles. The lowest BCUT2D eigenvalue weighted by atomic mass is 9.78. The minimum Gasteiger partial charge on any atom is -0.484 e. The van der Waals surface area contributed by atoms with Gasteiger partial charge in [-0.05, 0) is 87.7 Å². The zero-order chi connectivity index (χ0) is 20.8. The maximum absolute atomic E-state index is 13.7. The van der Waals surface area contributed by atoms with Crippen LogP contribution in [-0.4, -0.2) is 37.6 Å². The Morgan fingerprint density at radius 3 is 2.48 bits per heavy atom. The molecule has 0 heterocycles. The van der Waals surface area contributed by atoms with E-state index in [0.29, 0.717) is 16.7 Å². The highest BCUT2D eigenvalue weighted by atomic mass is 35.5. The molecule has 2 aromatic carbocycles. The van der Waals surface area contributed by atoms with Gasteiger partial charge in [0.1, 0.15) is 11.6 Å². The largest absolute Gasteiger partial charge is 0.484 e. The van der Waals surface area contributed by atoms with E-state index in [-0.39, 0.29) is 30.4 Å². The normalized spacial score (nSPS) is 20.3. The third kappa shape index (κ3) is 6.18. The van der Waals surface area contributed by atoms with Crippen molar-refractivity contribution in [2.45, 2.75) is 37.8 Å². The Labute approximate surface area is 177 Å². The quantitative estimate of drug-likeness (QED) is 0.699. The molecule has 0 bridgehead atoms. The maximum Gasteiger partial charge on any atom is 0.258 e. The Morgan fingerprint density at radius 2 is 1.86 bits per heavy atom. The maximum atomic E-state index is 13.7. The van der Waals surface area contributed by atoms with Crippen LogP contribution in [0.3, 0.4) is 0 Å². The molecule has 4 nitrogen and oxygen atoms in total. The van der Waals surface area contributed by atoms with Crippen molar-refractivity contribution in [1.82, 2.24) is 10.2 Å². The van der Waals surface area contributed by atoms with E-state index in [4.69, 9.17) is 16.3 Å². The SMILES string of the molecule is CN(C)C(c1cccc(F)c1)C1CCC(NC(=O)COc2ccc(Cl)cc2)CC1. The lowest BCUT2D eigenvalue weighted by molar-refractivity contribution is -0.124. The number of nitrogens with zero attached hydrogens (tertiary/aromatic N) is 1. The molecule has 3 rings (SSSR count). The average Bonchev–Trinajstić information content (AvgIpc) is 2.69. The molecule has 156 valence electrons. The lowest BCUT2D eigenvalue weighted by Gasteiger charge is -2.37. The Kier molecular flexibility index (Phi) is 7.51. The van der Waals surface area contributed by atoms with Crippen LogP contribution in [0, 0.1) is 11.7 Å². The standard InChI is InChI=1S/C23H28ClFN2O2/c1-27(2)23(17-4-3-5-19(25)14-17)16-6-10-20(11-7-16)26-22(28)15-29-21-12-8-18(24)9-13-21/h3-5,8-9,12-14,16,20,23H,6-7,10-11,15H2,1-2H3,(H,26,28). The molecule has 0 spiro atoms. The van der Waals surface area contributed by atoms with E-state index in [2.05, 4.69) is 10.2 Å². The van der Waals surface area contributed by atoms with Crippen LogP contribution >= 0.6 is 11.6 Å². The number of amides is 1. The van der Waals surface area contributed by atoms with Gasteiger partial charge in [-0.25, -0.2) is 4.39 Å². The van der Waals surface area contributed by atoms with E-state index in [1.807, 2.05) is 20.2 Å². The van der Waals surface area contributed by atoms with Gasteiger partial charge in [0.25, 0.3) is 5.91 Å². The molecule has 1 N–H and O–H groups in total. The minimum absolute atomic E-state index is 0.00875. The Balaban J connectivity index is 1.48.